The van der Waals surface area contributed by atoms with Crippen molar-refractivity contribution in [1.82, 2.24) is 0 Å². The zero-order valence-electron chi connectivity index (χ0n) is 79.2. The summed E-state index contributed by atoms with van der Waals surface area (Å²) in [6.07, 6.45) is 110. The van der Waals surface area contributed by atoms with Gasteiger partial charge in [-0.25, -0.2) is 0 Å². The molecular weight excluding hydrogens is 1750 g/mol. The van der Waals surface area contributed by atoms with Gasteiger partial charge in [0, 0.05) is 32.1 Å². The molecule has 14 atom stereocenters. The number of carbonyl (C=O) groups is 5. The number of carboxylic acids is 4. The first-order valence-electron chi connectivity index (χ1n) is 45.9. The van der Waals surface area contributed by atoms with Crippen molar-refractivity contribution < 1.29 is 121 Å². The molecule has 0 saturated heterocycles. The molecule has 0 rings (SSSR count). The monoisotopic (exact) mass is 1930 g/mol. The van der Waals surface area contributed by atoms with Gasteiger partial charge in [0.05, 0.1) is 92.1 Å². The maximum absolute atomic E-state index is 10.4. The van der Waals surface area contributed by atoms with E-state index in [1.807, 2.05) is 154 Å². The van der Waals surface area contributed by atoms with Crippen molar-refractivity contribution in [2.24, 2.45) is 0 Å². The largest absolute Gasteiger partial charge is 0.481 e. The van der Waals surface area contributed by atoms with E-state index in [-0.39, 0.29) is 81.3 Å². The number of carboxylic acid groups (broad SMARTS) is 4. The second-order valence-electron chi connectivity index (χ2n) is 29.3. The zero-order chi connectivity index (χ0) is 101. The lowest BCUT2D eigenvalue weighted by atomic mass is 10.1. The molecule has 0 aliphatic carbocycles. The topological polar surface area (TPSA) is 459 Å². The molecule has 0 heterocycles. The Morgan fingerprint density at radius 1 is 0.232 bits per heavy atom. The molecule has 24 heteroatoms. The molecule has 0 amide bonds. The van der Waals surface area contributed by atoms with E-state index in [4.69, 9.17) is 20.4 Å². The lowest BCUT2D eigenvalue weighted by Crippen LogP contribution is -2.25. The summed E-state index contributed by atoms with van der Waals surface area (Å²) in [5, 5.41) is 170. The minimum Gasteiger partial charge on any atom is -0.481 e. The maximum atomic E-state index is 10.4. The quantitative estimate of drug-likeness (QED) is 0.0116. The van der Waals surface area contributed by atoms with Gasteiger partial charge < -0.3 is 96.7 Å². The van der Waals surface area contributed by atoms with Crippen LogP contribution in [-0.4, -0.2) is 214 Å². The van der Waals surface area contributed by atoms with Crippen molar-refractivity contribution in [3.63, 3.8) is 0 Å². The van der Waals surface area contributed by atoms with Crippen LogP contribution in [0.15, 0.2) is 365 Å². The van der Waals surface area contributed by atoms with Crippen LogP contribution in [0.4, 0.5) is 0 Å². The summed E-state index contributed by atoms with van der Waals surface area (Å²) < 4.78 is 4.47. The van der Waals surface area contributed by atoms with E-state index in [0.717, 1.165) is 44.9 Å². The van der Waals surface area contributed by atoms with Crippen LogP contribution in [0.2, 0.25) is 0 Å². The van der Waals surface area contributed by atoms with Crippen LogP contribution in [0.3, 0.4) is 0 Å². The van der Waals surface area contributed by atoms with Gasteiger partial charge in [-0.1, -0.05) is 429 Å². The molecular formula is C114H176O24. The zero-order valence-corrected chi connectivity index (χ0v) is 79.2. The number of allylic oxidation sites excluding steroid dienone is 40. The molecule has 18 N–H and O–H groups in total. The molecule has 0 saturated carbocycles. The van der Waals surface area contributed by atoms with Crippen molar-refractivity contribution in [2.45, 2.75) is 310 Å². The normalized spacial score (nSPS) is 15.9. The number of aliphatic hydroxyl groups is 14. The summed E-state index contributed by atoms with van der Waals surface area (Å²) in [6, 6.07) is 0. The first kappa shape index (κ1) is 145. The van der Waals surface area contributed by atoms with Gasteiger partial charge in [0.25, 0.3) is 6.47 Å². The first-order chi connectivity index (χ1) is 64.6. The number of hydrogen-bond donors (Lipinski definition) is 18. The number of hydrogen-bond acceptors (Lipinski definition) is 20. The van der Waals surface area contributed by atoms with Crippen LogP contribution >= 0.6 is 0 Å². The van der Waals surface area contributed by atoms with E-state index in [2.05, 4.69) is 18.6 Å². The summed E-state index contributed by atoms with van der Waals surface area (Å²) in [5.74, 6) is -3.42. The predicted octanol–water partition coefficient (Wildman–Crippen LogP) is 20.6. The van der Waals surface area contributed by atoms with Gasteiger partial charge in [0.1, 0.15) is 0 Å². The molecule has 0 bridgehead atoms. The number of carbonyl (C=O) groups excluding carboxylic acids is 1. The third-order valence-electron chi connectivity index (χ3n) is 17.0. The number of aliphatic carboxylic acids is 4. The molecule has 24 nitrogen and oxygen atoms in total. The van der Waals surface area contributed by atoms with Crippen LogP contribution in [0.25, 0.3) is 0 Å². The lowest BCUT2D eigenvalue weighted by Gasteiger charge is -2.13. The van der Waals surface area contributed by atoms with E-state index in [1.165, 1.54) is 24.3 Å². The van der Waals surface area contributed by atoms with E-state index in [1.54, 1.807) is 207 Å². The van der Waals surface area contributed by atoms with Crippen LogP contribution in [0, 0.1) is 0 Å². The molecule has 0 aliphatic heterocycles. The summed E-state index contributed by atoms with van der Waals surface area (Å²) >= 11 is 0. The van der Waals surface area contributed by atoms with Gasteiger partial charge >= 0.3 is 23.9 Å². The number of rotatable bonds is 71. The molecule has 138 heavy (non-hydrogen) atoms. The molecule has 0 fully saturated rings. The Balaban J connectivity index is -0.000000214. The fraction of sp³-hybridized carbons (Fsp3) is 0.430. The average molecular weight is 1930 g/mol. The Morgan fingerprint density at radius 3 is 0.812 bits per heavy atom. The second kappa shape index (κ2) is 115. The molecule has 0 aromatic heterocycles. The van der Waals surface area contributed by atoms with Gasteiger partial charge in [0.2, 0.25) is 0 Å². The maximum Gasteiger partial charge on any atom is 0.303 e. The summed E-state index contributed by atoms with van der Waals surface area (Å²) in [4.78, 5) is 51.4. The van der Waals surface area contributed by atoms with Crippen LogP contribution < -0.4 is 0 Å². The first-order valence-corrected chi connectivity index (χ1v) is 45.9. The summed E-state index contributed by atoms with van der Waals surface area (Å²) in [6.45, 7) is 10.6. The van der Waals surface area contributed by atoms with Crippen LogP contribution in [-0.2, 0) is 28.7 Å². The molecule has 776 valence electrons. The fourth-order valence-corrected chi connectivity index (χ4v) is 9.62. The third-order valence-corrected chi connectivity index (χ3v) is 17.0. The van der Waals surface area contributed by atoms with Crippen LogP contribution in [0.5, 0.6) is 0 Å². The number of unbranched alkanes of at least 4 members (excludes halogenated alkanes) is 1. The van der Waals surface area contributed by atoms with Crippen molar-refractivity contribution >= 4 is 30.3 Å². The van der Waals surface area contributed by atoms with E-state index in [0.29, 0.717) is 77.1 Å². The van der Waals surface area contributed by atoms with E-state index in [9.17, 15) is 95.5 Å². The van der Waals surface area contributed by atoms with Gasteiger partial charge in [-0.15, -0.1) is 0 Å². The lowest BCUT2D eigenvalue weighted by molar-refractivity contribution is -0.138. The highest BCUT2D eigenvalue weighted by molar-refractivity contribution is 5.67. The number of ether oxygens (including phenoxy) is 1. The van der Waals surface area contributed by atoms with Gasteiger partial charge in [-0.3, -0.25) is 24.0 Å². The molecule has 0 spiro atoms. The smallest absolute Gasteiger partial charge is 0.303 e. The Hall–Kier alpha value is -11.0. The summed E-state index contributed by atoms with van der Waals surface area (Å²) in [7, 11) is 0. The van der Waals surface area contributed by atoms with Gasteiger partial charge in [-0.2, -0.15) is 0 Å². The standard InChI is InChI=1S/4C22H32O5.C22H32O4.4CH4/c1-2-3-7-12-19(23)14-10-6-11-15-20(24)13-8-4-5-9-16-21(25)17-18-22(26)27;1-2-3-9-16-20(24)21(25)17-12-7-5-4-6-10-14-19(23)15-11-8-13-18-22(26)27;1-2-3-9-14-19(23)15-10-6-4-5-7-11-16-20(24)21(25)17-12-8-13-18-22(26)27;1-2-3-11-14-20(24)15-12-9-7-5-4-6-8-10-13-16-21(25)22(26)17-18-27-19-23;1-2-3-10-15-20(23)16-11-7-5-4-6-8-12-17-21(24)18-13-9-14-19-22(25)26;;;;/h3-11,13-14,16,19-21,23-25H,2,12,15,17-18H2,1H3,(H,26,27);3-12,14,17,19-21,23-25H,2,13,15-16,18H2,1H3,(H,26,27);3-12,15-16,19-21,23-25H,2,13-14,17-18H2,1H3,(H,26,27);3-4,6-13,15-16,19-22,24-26H,2,5,14,17-18H2,1H3;3,5-8,10-13,16-18,20-21,23-24H,2,4,9,14-15,19H2,1H3,(H,25,26);4*1H4/b5-4+,7-3-,11-6-,13-8+,14-10+,16-9+;6-4-,7-5+,9-3-,11-8-,14-10+,17-12+;6-4-,7-5+,9-3-,12-8-,15-10+,16-11+;6-4-,9-7-,10-8+,11-3-,15-12+,16-13+;7-5-,8-6-,10-3-,16-11+,17-12+,18-13-;;;;/t19-,20?,21+;19-,20+,21+;19-,20-,21+;20-,21?,22+;20-,21+;;;;/m01100..../s1. The Bertz CT molecular complexity index is 3860. The van der Waals surface area contributed by atoms with Crippen molar-refractivity contribution in [2.75, 3.05) is 6.61 Å². The average Bonchev–Trinajstić information content (AvgIpc) is 1.04. The van der Waals surface area contributed by atoms with E-state index < -0.39 is 109 Å². The van der Waals surface area contributed by atoms with Crippen molar-refractivity contribution in [3.8, 4) is 0 Å². The molecule has 0 radical (unpaired) electrons. The fourth-order valence-electron chi connectivity index (χ4n) is 9.62. The highest BCUT2D eigenvalue weighted by Gasteiger charge is 2.14. The summed E-state index contributed by atoms with van der Waals surface area (Å²) in [5.41, 5.74) is 0. The van der Waals surface area contributed by atoms with Crippen LogP contribution in [0.1, 0.15) is 225 Å². The Kier molecular flexibility index (Phi) is 120. The second-order valence-corrected chi connectivity index (χ2v) is 29.3. The number of aliphatic hydroxyl groups excluding tert-OH is 14. The van der Waals surface area contributed by atoms with Crippen molar-refractivity contribution in [1.29, 1.82) is 0 Å². The highest BCUT2D eigenvalue weighted by atomic mass is 16.5. The molecule has 0 aliphatic rings. The molecule has 2 unspecified atom stereocenters. The predicted molar refractivity (Wildman–Crippen MR) is 572 cm³/mol. The Labute approximate surface area is 828 Å². The molecule has 0 aromatic rings. The SMILES string of the molecule is C.C.C.C.CC/C=C\C[C@@H](O)/C=C/C=C\C=C\C=C\[C@@H](O)[C@@H](O)C/C=C\CCC(=O)O.CC/C=C\C[C@H](O)/C=C/C=C\C/C=C\C=C\[C@@H](O)/C=C\CCCC(=O)O.CC/C=C\C[C@H](O)/C=C/C=C\CC(O)/C=C/C=C/C=C/[C@@H](O)CCC(=O)O.CC/C=C\C[C@H](O)/C=C/C=C\C\C=C/C=C/C=C/C(O)[C@H](O)CCOC=O.CC/C=C\C[C@H](O)[C@@H](O)/C=C/C=C/C=C\C=C\[C@@H](O)C/C=C\CCC(=O)O. The Morgan fingerprint density at radius 2 is 0.486 bits per heavy atom. The highest BCUT2D eigenvalue weighted by Crippen LogP contribution is 2.10. The van der Waals surface area contributed by atoms with E-state index >= 15 is 0 Å². The van der Waals surface area contributed by atoms with Gasteiger partial charge in [-0.05, 0) is 128 Å². The van der Waals surface area contributed by atoms with Crippen molar-refractivity contribution in [3.05, 3.63) is 365 Å². The van der Waals surface area contributed by atoms with Gasteiger partial charge in [0.15, 0.2) is 0 Å². The molecule has 0 aromatic carbocycles. The minimum atomic E-state index is -1.00. The third kappa shape index (κ3) is 123. The minimum absolute atomic E-state index is 0.